The number of benzene rings is 1. The van der Waals surface area contributed by atoms with E-state index in [4.69, 9.17) is 27.9 Å². The summed E-state index contributed by atoms with van der Waals surface area (Å²) in [6.45, 7) is 1.57. The first-order valence-electron chi connectivity index (χ1n) is 6.27. The number of ether oxygens (including phenoxy) is 1. The van der Waals surface area contributed by atoms with Crippen molar-refractivity contribution in [3.8, 4) is 0 Å². The van der Waals surface area contributed by atoms with Crippen LogP contribution in [-0.4, -0.2) is 18.3 Å². The summed E-state index contributed by atoms with van der Waals surface area (Å²) in [5.74, 6) is 0.481. The molecule has 0 N–H and O–H groups in total. The van der Waals surface area contributed by atoms with Gasteiger partial charge in [-0.2, -0.15) is 0 Å². The zero-order valence-electron chi connectivity index (χ0n) is 11.2. The fraction of sp³-hybridized carbons (Fsp3) is 0.357. The lowest BCUT2D eigenvalue weighted by molar-refractivity contribution is 0.190. The molecule has 0 aliphatic heterocycles. The third-order valence-electron chi connectivity index (χ3n) is 2.78. The molecule has 0 amide bonds. The van der Waals surface area contributed by atoms with Crippen LogP contribution in [0.15, 0.2) is 34.6 Å². The fourth-order valence-corrected chi connectivity index (χ4v) is 3.27. The number of aromatic nitrogens is 1. The molecule has 0 spiro atoms. The van der Waals surface area contributed by atoms with Gasteiger partial charge in [0.25, 0.3) is 0 Å². The average molecular weight is 331 g/mol. The van der Waals surface area contributed by atoms with Crippen LogP contribution in [0.5, 0.6) is 0 Å². The van der Waals surface area contributed by atoms with Gasteiger partial charge in [-0.3, -0.25) is 0 Å². The highest BCUT2D eigenvalue weighted by Crippen LogP contribution is 2.17. The van der Waals surface area contributed by atoms with E-state index in [0.717, 1.165) is 35.8 Å². The van der Waals surface area contributed by atoms with E-state index in [0.29, 0.717) is 10.9 Å². The maximum absolute atomic E-state index is 5.98. The second-order valence-electron chi connectivity index (χ2n) is 4.23. The topological polar surface area (TPSA) is 26.5 Å². The monoisotopic (exact) mass is 330 g/mol. The van der Waals surface area contributed by atoms with Gasteiger partial charge in [-0.05, 0) is 24.6 Å². The second kappa shape index (κ2) is 7.84. The molecule has 0 unspecified atom stereocenters. The van der Waals surface area contributed by atoms with Crippen molar-refractivity contribution < 1.29 is 4.74 Å². The van der Waals surface area contributed by atoms with Gasteiger partial charge in [-0.15, -0.1) is 22.9 Å². The van der Waals surface area contributed by atoms with Crippen LogP contribution >= 0.6 is 34.5 Å². The molecule has 0 aliphatic carbocycles. The number of alkyl halides is 1. The number of methoxy groups -OCH3 is 1. The molecule has 0 atom stereocenters. The van der Waals surface area contributed by atoms with Gasteiger partial charge in [0.2, 0.25) is 0 Å². The molecule has 6 heteroatoms. The Morgan fingerprint density at radius 1 is 1.40 bits per heavy atom. The zero-order chi connectivity index (χ0) is 14.4. The lowest BCUT2D eigenvalue weighted by atomic mass is 10.3. The van der Waals surface area contributed by atoms with Crippen molar-refractivity contribution in [3.05, 3.63) is 45.2 Å². The lowest BCUT2D eigenvalue weighted by Crippen LogP contribution is -2.17. The second-order valence-corrected chi connectivity index (χ2v) is 5.77. The first-order valence-corrected chi connectivity index (χ1v) is 8.06. The minimum Gasteiger partial charge on any atom is -0.385 e. The van der Waals surface area contributed by atoms with E-state index in [-0.39, 0.29) is 0 Å². The Hall–Kier alpha value is -0.810. The van der Waals surface area contributed by atoms with Crippen LogP contribution in [0.3, 0.4) is 0 Å². The van der Waals surface area contributed by atoms with Crippen molar-refractivity contribution in [2.75, 3.05) is 13.7 Å². The van der Waals surface area contributed by atoms with Gasteiger partial charge in [0, 0.05) is 36.4 Å². The van der Waals surface area contributed by atoms with E-state index in [1.807, 2.05) is 29.6 Å². The molecule has 2 rings (SSSR count). The lowest BCUT2D eigenvalue weighted by Gasteiger charge is -2.06. The Bertz CT molecular complexity index is 622. The molecule has 0 radical (unpaired) electrons. The first kappa shape index (κ1) is 15.6. The number of hydrogen-bond acceptors (Lipinski definition) is 3. The molecule has 0 fully saturated rings. The Morgan fingerprint density at radius 2 is 2.25 bits per heavy atom. The largest absolute Gasteiger partial charge is 0.385 e. The molecule has 0 bridgehead atoms. The molecular weight excluding hydrogens is 315 g/mol. The number of halogens is 2. The molecule has 0 aliphatic rings. The van der Waals surface area contributed by atoms with Gasteiger partial charge in [0.15, 0.2) is 4.80 Å². The quantitative estimate of drug-likeness (QED) is 0.575. The van der Waals surface area contributed by atoms with Crippen molar-refractivity contribution in [2.45, 2.75) is 18.8 Å². The number of hydrogen-bond donors (Lipinski definition) is 0. The summed E-state index contributed by atoms with van der Waals surface area (Å²) in [6, 6.07) is 7.52. The van der Waals surface area contributed by atoms with Crippen molar-refractivity contribution >= 4 is 40.2 Å². The summed E-state index contributed by atoms with van der Waals surface area (Å²) >= 11 is 13.6. The summed E-state index contributed by atoms with van der Waals surface area (Å²) in [7, 11) is 1.71. The van der Waals surface area contributed by atoms with Crippen molar-refractivity contribution in [1.82, 2.24) is 4.57 Å². The molecule has 20 heavy (non-hydrogen) atoms. The Morgan fingerprint density at radius 3 is 2.95 bits per heavy atom. The minimum absolute atomic E-state index is 0.481. The van der Waals surface area contributed by atoms with Crippen LogP contribution in [0.1, 0.15) is 12.1 Å². The molecule has 1 aromatic heterocycles. The maximum atomic E-state index is 5.98. The van der Waals surface area contributed by atoms with Gasteiger partial charge in [0.05, 0.1) is 11.6 Å². The van der Waals surface area contributed by atoms with Gasteiger partial charge in [-0.1, -0.05) is 17.7 Å². The average Bonchev–Trinajstić information content (AvgIpc) is 2.81. The normalized spacial score (nSPS) is 12.1. The Kier molecular flexibility index (Phi) is 6.10. The van der Waals surface area contributed by atoms with E-state index < -0.39 is 0 Å². The van der Waals surface area contributed by atoms with Crippen molar-refractivity contribution in [1.29, 1.82) is 0 Å². The molecule has 1 aromatic carbocycles. The van der Waals surface area contributed by atoms with E-state index in [2.05, 4.69) is 9.56 Å². The van der Waals surface area contributed by atoms with Crippen LogP contribution in [0.25, 0.3) is 0 Å². The zero-order valence-corrected chi connectivity index (χ0v) is 13.5. The molecule has 0 saturated carbocycles. The Balaban J connectivity index is 2.33. The highest BCUT2D eigenvalue weighted by molar-refractivity contribution is 7.07. The molecular formula is C14H16Cl2N2OS. The fourth-order valence-electron chi connectivity index (χ4n) is 1.82. The van der Waals surface area contributed by atoms with Gasteiger partial charge >= 0.3 is 0 Å². The summed E-state index contributed by atoms with van der Waals surface area (Å²) in [4.78, 5) is 5.58. The van der Waals surface area contributed by atoms with Gasteiger partial charge in [0.1, 0.15) is 0 Å². The number of thiazole rings is 1. The molecule has 2 aromatic rings. The number of nitrogens with zero attached hydrogens (tertiary/aromatic N) is 2. The van der Waals surface area contributed by atoms with E-state index >= 15 is 0 Å². The third kappa shape index (κ3) is 4.09. The molecule has 0 saturated heterocycles. The highest BCUT2D eigenvalue weighted by atomic mass is 35.5. The molecule has 3 nitrogen and oxygen atoms in total. The predicted molar refractivity (Wildman–Crippen MR) is 85.0 cm³/mol. The van der Waals surface area contributed by atoms with E-state index in [1.54, 1.807) is 18.4 Å². The van der Waals surface area contributed by atoms with Crippen LogP contribution in [0.4, 0.5) is 5.69 Å². The van der Waals surface area contributed by atoms with Gasteiger partial charge in [-0.25, -0.2) is 4.99 Å². The van der Waals surface area contributed by atoms with Gasteiger partial charge < -0.3 is 9.30 Å². The Labute approximate surface area is 132 Å². The number of rotatable bonds is 6. The van der Waals surface area contributed by atoms with E-state index in [9.17, 15) is 0 Å². The van der Waals surface area contributed by atoms with Crippen LogP contribution in [0.2, 0.25) is 5.02 Å². The summed E-state index contributed by atoms with van der Waals surface area (Å²) in [5.41, 5.74) is 1.93. The van der Waals surface area contributed by atoms with Crippen LogP contribution in [-0.2, 0) is 17.2 Å². The van der Waals surface area contributed by atoms with Crippen molar-refractivity contribution in [3.63, 3.8) is 0 Å². The SMILES string of the molecule is COCCCn1c(CCl)csc1=Nc1cccc(Cl)c1. The summed E-state index contributed by atoms with van der Waals surface area (Å²) in [5, 5.41) is 2.73. The summed E-state index contributed by atoms with van der Waals surface area (Å²) in [6.07, 6.45) is 0.930. The standard InChI is InChI=1S/C14H16Cl2N2OS/c1-19-7-3-6-18-13(9-15)10-20-14(18)17-12-5-2-4-11(16)8-12/h2,4-5,8,10H,3,6-7,9H2,1H3. The van der Waals surface area contributed by atoms with Crippen LogP contribution in [0, 0.1) is 0 Å². The molecule has 108 valence electrons. The minimum atomic E-state index is 0.481. The maximum Gasteiger partial charge on any atom is 0.190 e. The van der Waals surface area contributed by atoms with Crippen molar-refractivity contribution in [2.24, 2.45) is 4.99 Å². The smallest absolute Gasteiger partial charge is 0.190 e. The van der Waals surface area contributed by atoms with E-state index in [1.165, 1.54) is 0 Å². The third-order valence-corrected chi connectivity index (χ3v) is 4.20. The first-order chi connectivity index (χ1) is 9.74. The predicted octanol–water partition coefficient (Wildman–Crippen LogP) is 4.21. The van der Waals surface area contributed by atoms with Crippen LogP contribution < -0.4 is 4.80 Å². The molecule has 1 heterocycles. The summed E-state index contributed by atoms with van der Waals surface area (Å²) < 4.78 is 7.23. The highest BCUT2D eigenvalue weighted by Gasteiger charge is 2.04.